The Balaban J connectivity index is 1.84. The molecular formula is C18H21FN4S. The highest BCUT2D eigenvalue weighted by Gasteiger charge is 2.18. The molecule has 0 radical (unpaired) electrons. The van der Waals surface area contributed by atoms with Gasteiger partial charge in [-0.2, -0.15) is 0 Å². The van der Waals surface area contributed by atoms with Crippen molar-refractivity contribution in [2.75, 3.05) is 31.5 Å². The van der Waals surface area contributed by atoms with E-state index in [2.05, 4.69) is 22.1 Å². The van der Waals surface area contributed by atoms with Crippen molar-refractivity contribution >= 4 is 22.0 Å². The van der Waals surface area contributed by atoms with Crippen molar-refractivity contribution in [1.29, 1.82) is 5.41 Å². The molecule has 0 atom stereocenters. The zero-order chi connectivity index (χ0) is 17.1. The van der Waals surface area contributed by atoms with Gasteiger partial charge in [0, 0.05) is 42.2 Å². The van der Waals surface area contributed by atoms with Crippen LogP contribution in [0, 0.1) is 18.2 Å². The van der Waals surface area contributed by atoms with Crippen molar-refractivity contribution in [1.82, 2.24) is 10.2 Å². The molecule has 0 aliphatic carbocycles. The van der Waals surface area contributed by atoms with E-state index in [0.717, 1.165) is 41.9 Å². The zero-order valence-electron chi connectivity index (χ0n) is 13.7. The Kier molecular flexibility index (Phi) is 4.97. The number of anilines is 1. The average molecular weight is 344 g/mol. The van der Waals surface area contributed by atoms with E-state index in [-0.39, 0.29) is 11.5 Å². The lowest BCUT2D eigenvalue weighted by atomic mass is 10.0. The number of hydrogen-bond acceptors (Lipinski definition) is 5. The minimum atomic E-state index is -0.377. The van der Waals surface area contributed by atoms with Gasteiger partial charge in [0.1, 0.15) is 10.8 Å². The van der Waals surface area contributed by atoms with Crippen LogP contribution in [0.4, 0.5) is 9.39 Å². The standard InChI is InChI=1S/C18H21FN4S/c1-12-11-15(17(20)14-5-3-4-6-16(14)19)18(24-12)22-13(2)23-9-7-21-8-10-23/h3-6,11,20-22H,2,7-10H2,1H3. The summed E-state index contributed by atoms with van der Waals surface area (Å²) in [6.45, 7) is 9.77. The van der Waals surface area contributed by atoms with Crippen molar-refractivity contribution < 1.29 is 4.39 Å². The van der Waals surface area contributed by atoms with Gasteiger partial charge in [-0.3, -0.25) is 5.41 Å². The third-order valence-corrected chi connectivity index (χ3v) is 4.99. The molecule has 1 aliphatic rings. The molecule has 2 aromatic rings. The number of hydrogen-bond donors (Lipinski definition) is 3. The molecule has 3 N–H and O–H groups in total. The van der Waals surface area contributed by atoms with Crippen LogP contribution in [0.15, 0.2) is 42.7 Å². The lowest BCUT2D eigenvalue weighted by Gasteiger charge is -2.31. The number of piperazine rings is 1. The Labute approximate surface area is 145 Å². The summed E-state index contributed by atoms with van der Waals surface area (Å²) < 4.78 is 14.0. The van der Waals surface area contributed by atoms with E-state index in [1.165, 1.54) is 6.07 Å². The lowest BCUT2D eigenvalue weighted by Crippen LogP contribution is -2.44. The maximum Gasteiger partial charge on any atom is 0.132 e. The first-order valence-corrected chi connectivity index (χ1v) is 8.74. The van der Waals surface area contributed by atoms with Crippen molar-refractivity contribution in [2.24, 2.45) is 0 Å². The summed E-state index contributed by atoms with van der Waals surface area (Å²) in [5.41, 5.74) is 1.21. The van der Waals surface area contributed by atoms with Gasteiger partial charge in [0.25, 0.3) is 0 Å². The molecule has 0 saturated carbocycles. The first-order chi connectivity index (χ1) is 11.6. The number of rotatable bonds is 5. The van der Waals surface area contributed by atoms with E-state index in [4.69, 9.17) is 5.41 Å². The van der Waals surface area contributed by atoms with Gasteiger partial charge in [-0.25, -0.2) is 4.39 Å². The molecular weight excluding hydrogens is 323 g/mol. The molecule has 1 fully saturated rings. The van der Waals surface area contributed by atoms with E-state index in [9.17, 15) is 4.39 Å². The first-order valence-electron chi connectivity index (χ1n) is 7.92. The van der Waals surface area contributed by atoms with Crippen LogP contribution in [-0.4, -0.2) is 36.8 Å². The lowest BCUT2D eigenvalue weighted by molar-refractivity contribution is 0.303. The zero-order valence-corrected chi connectivity index (χ0v) is 14.5. The maximum atomic E-state index is 14.0. The third kappa shape index (κ3) is 3.49. The fraction of sp³-hybridized carbons (Fsp3) is 0.278. The van der Waals surface area contributed by atoms with Gasteiger partial charge in [0.15, 0.2) is 0 Å². The number of benzene rings is 1. The molecule has 0 amide bonds. The highest BCUT2D eigenvalue weighted by atomic mass is 32.1. The largest absolute Gasteiger partial charge is 0.356 e. The molecule has 0 spiro atoms. The first kappa shape index (κ1) is 16.7. The van der Waals surface area contributed by atoms with Crippen LogP contribution < -0.4 is 10.6 Å². The van der Waals surface area contributed by atoms with Gasteiger partial charge < -0.3 is 15.5 Å². The number of halogens is 1. The summed E-state index contributed by atoms with van der Waals surface area (Å²) in [6, 6.07) is 8.33. The highest BCUT2D eigenvalue weighted by Crippen LogP contribution is 2.31. The van der Waals surface area contributed by atoms with E-state index < -0.39 is 0 Å². The van der Waals surface area contributed by atoms with Crippen molar-refractivity contribution in [2.45, 2.75) is 6.92 Å². The Morgan fingerprint density at radius 1 is 1.29 bits per heavy atom. The van der Waals surface area contributed by atoms with E-state index in [1.54, 1.807) is 29.5 Å². The summed E-state index contributed by atoms with van der Waals surface area (Å²) >= 11 is 1.56. The normalized spacial score (nSPS) is 14.5. The molecule has 6 heteroatoms. The molecule has 3 rings (SSSR count). The fourth-order valence-corrected chi connectivity index (χ4v) is 3.69. The number of nitrogens with zero attached hydrogens (tertiary/aromatic N) is 1. The van der Waals surface area contributed by atoms with Crippen LogP contribution in [0.3, 0.4) is 0 Å². The topological polar surface area (TPSA) is 51.2 Å². The summed E-state index contributed by atoms with van der Waals surface area (Å²) in [4.78, 5) is 3.25. The minimum Gasteiger partial charge on any atom is -0.356 e. The van der Waals surface area contributed by atoms with Gasteiger partial charge in [-0.1, -0.05) is 18.7 Å². The van der Waals surface area contributed by atoms with Crippen LogP contribution >= 0.6 is 11.3 Å². The Bertz CT molecular complexity index is 762. The van der Waals surface area contributed by atoms with Crippen molar-refractivity contribution in [3.8, 4) is 0 Å². The van der Waals surface area contributed by atoms with Crippen LogP contribution in [0.1, 0.15) is 16.0 Å². The third-order valence-electron chi connectivity index (χ3n) is 4.02. The maximum absolute atomic E-state index is 14.0. The number of aryl methyl sites for hydroxylation is 1. The summed E-state index contributed by atoms with van der Waals surface area (Å²) in [5.74, 6) is 0.444. The second kappa shape index (κ2) is 7.15. The number of thiophene rings is 1. The summed E-state index contributed by atoms with van der Waals surface area (Å²) in [6.07, 6.45) is 0. The smallest absolute Gasteiger partial charge is 0.132 e. The molecule has 1 saturated heterocycles. The highest BCUT2D eigenvalue weighted by molar-refractivity contribution is 7.16. The van der Waals surface area contributed by atoms with Gasteiger partial charge in [-0.05, 0) is 25.1 Å². The van der Waals surface area contributed by atoms with Gasteiger partial charge >= 0.3 is 0 Å². The molecule has 0 unspecified atom stereocenters. The minimum absolute atomic E-state index is 0.188. The van der Waals surface area contributed by atoms with Gasteiger partial charge in [0.05, 0.1) is 11.5 Å². The average Bonchev–Trinajstić information content (AvgIpc) is 2.96. The second-order valence-electron chi connectivity index (χ2n) is 5.76. The fourth-order valence-electron chi connectivity index (χ4n) is 2.75. The SMILES string of the molecule is C=C(Nc1sc(C)cc1C(=N)c1ccccc1F)N1CCNCC1. The van der Waals surface area contributed by atoms with E-state index in [0.29, 0.717) is 11.1 Å². The summed E-state index contributed by atoms with van der Waals surface area (Å²) in [5, 5.41) is 15.9. The molecule has 0 bridgehead atoms. The molecule has 24 heavy (non-hydrogen) atoms. The Hall–Kier alpha value is -2.18. The molecule has 2 heterocycles. The van der Waals surface area contributed by atoms with Crippen molar-refractivity contribution in [3.05, 3.63) is 64.6 Å². The predicted molar refractivity (Wildman–Crippen MR) is 98.6 cm³/mol. The van der Waals surface area contributed by atoms with Crippen molar-refractivity contribution in [3.63, 3.8) is 0 Å². The van der Waals surface area contributed by atoms with Crippen LogP contribution in [0.25, 0.3) is 0 Å². The van der Waals surface area contributed by atoms with Crippen LogP contribution in [-0.2, 0) is 0 Å². The van der Waals surface area contributed by atoms with Gasteiger partial charge in [0.2, 0.25) is 0 Å². The quantitative estimate of drug-likeness (QED) is 0.729. The van der Waals surface area contributed by atoms with E-state index in [1.807, 2.05) is 13.0 Å². The van der Waals surface area contributed by atoms with Gasteiger partial charge in [-0.15, -0.1) is 11.3 Å². The van der Waals surface area contributed by atoms with Crippen LogP contribution in [0.2, 0.25) is 0 Å². The second-order valence-corrected chi connectivity index (χ2v) is 7.02. The molecule has 1 aromatic carbocycles. The Morgan fingerprint density at radius 3 is 2.71 bits per heavy atom. The Morgan fingerprint density at radius 2 is 2.00 bits per heavy atom. The molecule has 126 valence electrons. The predicted octanol–water partition coefficient (Wildman–Crippen LogP) is 3.40. The van der Waals surface area contributed by atoms with E-state index >= 15 is 0 Å². The molecule has 1 aromatic heterocycles. The van der Waals surface area contributed by atoms with Crippen LogP contribution in [0.5, 0.6) is 0 Å². The molecule has 1 aliphatic heterocycles. The molecule has 4 nitrogen and oxygen atoms in total. The number of nitrogens with one attached hydrogen (secondary N) is 3. The summed E-state index contributed by atoms with van der Waals surface area (Å²) in [7, 11) is 0. The monoisotopic (exact) mass is 344 g/mol.